The first-order valence-corrected chi connectivity index (χ1v) is 5.28. The normalized spacial score (nSPS) is 22.0. The zero-order valence-electron chi connectivity index (χ0n) is 9.71. The monoisotopic (exact) mass is 258 g/mol. The molecule has 0 aliphatic carbocycles. The minimum atomic E-state index is -1.30. The standard InChI is InChI=1S/C6H5N5O2.C5H5N/c12-5(13)11-6-4(8-3-10-6)1-7-2-9-6;1-2-4-6-5-3-1/h1-3,11H,(H,12,13);1-5H. The number of hydrogen-bond acceptors (Lipinski definition) is 6. The number of carbonyl (C=O) groups is 1. The maximum Gasteiger partial charge on any atom is 0.408 e. The molecule has 2 N–H and O–H groups in total. The summed E-state index contributed by atoms with van der Waals surface area (Å²) < 4.78 is 0. The number of pyridine rings is 1. The van der Waals surface area contributed by atoms with Crippen molar-refractivity contribution in [3.8, 4) is 0 Å². The highest BCUT2D eigenvalue weighted by atomic mass is 16.4. The zero-order valence-corrected chi connectivity index (χ0v) is 9.71. The van der Waals surface area contributed by atoms with Gasteiger partial charge in [-0.25, -0.2) is 24.8 Å². The highest BCUT2D eigenvalue weighted by molar-refractivity contribution is 6.39. The Labute approximate surface area is 108 Å². The van der Waals surface area contributed by atoms with E-state index in [-0.39, 0.29) is 0 Å². The van der Waals surface area contributed by atoms with Crippen LogP contribution in [-0.2, 0) is 0 Å². The largest absolute Gasteiger partial charge is 0.465 e. The molecule has 3 heterocycles. The van der Waals surface area contributed by atoms with E-state index in [0.717, 1.165) is 0 Å². The quantitative estimate of drug-likeness (QED) is 0.768. The molecule has 8 heteroatoms. The highest BCUT2D eigenvalue weighted by Gasteiger charge is 2.39. The third kappa shape index (κ3) is 3.06. The lowest BCUT2D eigenvalue weighted by atomic mass is 10.2. The van der Waals surface area contributed by atoms with Gasteiger partial charge in [0.05, 0.1) is 6.21 Å². The van der Waals surface area contributed by atoms with Crippen molar-refractivity contribution in [2.75, 3.05) is 0 Å². The number of aromatic nitrogens is 1. The topological polar surface area (TPSA) is 112 Å². The van der Waals surface area contributed by atoms with Crippen LogP contribution in [0.5, 0.6) is 0 Å². The molecule has 0 aromatic carbocycles. The molecule has 2 aliphatic heterocycles. The van der Waals surface area contributed by atoms with Gasteiger partial charge in [0.25, 0.3) is 5.79 Å². The average Bonchev–Trinajstić information content (AvgIpc) is 2.83. The molecule has 1 aromatic rings. The van der Waals surface area contributed by atoms with Gasteiger partial charge in [0.2, 0.25) is 0 Å². The Bertz CT molecular complexity index is 539. The Morgan fingerprint density at radius 2 is 1.89 bits per heavy atom. The van der Waals surface area contributed by atoms with Gasteiger partial charge in [-0.15, -0.1) is 0 Å². The van der Waals surface area contributed by atoms with Gasteiger partial charge in [-0.2, -0.15) is 0 Å². The molecule has 1 unspecified atom stereocenters. The second-order valence-corrected chi connectivity index (χ2v) is 3.41. The van der Waals surface area contributed by atoms with Crippen LogP contribution in [0.15, 0.2) is 50.6 Å². The molecule has 1 atom stereocenters. The van der Waals surface area contributed by atoms with Gasteiger partial charge in [-0.05, 0) is 12.1 Å². The Balaban J connectivity index is 0.000000186. The number of hydrogen-bond donors (Lipinski definition) is 2. The van der Waals surface area contributed by atoms with Crippen LogP contribution >= 0.6 is 0 Å². The third-order valence-electron chi connectivity index (χ3n) is 2.15. The van der Waals surface area contributed by atoms with Crippen molar-refractivity contribution in [2.24, 2.45) is 20.0 Å². The molecular weight excluding hydrogens is 248 g/mol. The maximum absolute atomic E-state index is 10.4. The van der Waals surface area contributed by atoms with Crippen LogP contribution in [0.4, 0.5) is 4.79 Å². The molecule has 0 saturated carbocycles. The van der Waals surface area contributed by atoms with Gasteiger partial charge < -0.3 is 5.11 Å². The predicted octanol–water partition coefficient (Wildman–Crippen LogP) is 0.585. The lowest BCUT2D eigenvalue weighted by Gasteiger charge is -2.22. The molecule has 0 saturated heterocycles. The van der Waals surface area contributed by atoms with E-state index in [2.05, 4.69) is 30.3 Å². The van der Waals surface area contributed by atoms with Gasteiger partial charge in [-0.3, -0.25) is 10.3 Å². The summed E-state index contributed by atoms with van der Waals surface area (Å²) in [4.78, 5) is 29.4. The lowest BCUT2D eigenvalue weighted by molar-refractivity contribution is 0.187. The highest BCUT2D eigenvalue weighted by Crippen LogP contribution is 2.16. The number of fused-ring (bicyclic) bond motifs is 1. The fraction of sp³-hybridized carbons (Fsp3) is 0.0909. The molecule has 0 spiro atoms. The van der Waals surface area contributed by atoms with Crippen LogP contribution in [0.3, 0.4) is 0 Å². The summed E-state index contributed by atoms with van der Waals surface area (Å²) in [7, 11) is 0. The van der Waals surface area contributed by atoms with E-state index >= 15 is 0 Å². The van der Waals surface area contributed by atoms with Gasteiger partial charge in [0, 0.05) is 12.4 Å². The van der Waals surface area contributed by atoms with Crippen molar-refractivity contribution >= 4 is 30.7 Å². The molecule has 0 fully saturated rings. The molecular formula is C11H10N6O2. The number of aliphatic imine (C=N–C) groups is 4. The number of nitrogens with one attached hydrogen (secondary N) is 1. The second kappa shape index (κ2) is 5.63. The van der Waals surface area contributed by atoms with E-state index in [1.807, 2.05) is 18.2 Å². The van der Waals surface area contributed by atoms with Gasteiger partial charge in [0.15, 0.2) is 0 Å². The zero-order chi connectivity index (χ0) is 13.6. The van der Waals surface area contributed by atoms with Crippen molar-refractivity contribution in [2.45, 2.75) is 5.79 Å². The molecule has 1 amide bonds. The molecule has 96 valence electrons. The minimum Gasteiger partial charge on any atom is -0.465 e. The van der Waals surface area contributed by atoms with Crippen molar-refractivity contribution in [1.29, 1.82) is 0 Å². The van der Waals surface area contributed by atoms with E-state index in [9.17, 15) is 4.79 Å². The molecule has 0 radical (unpaired) electrons. The molecule has 2 aliphatic rings. The predicted molar refractivity (Wildman–Crippen MR) is 71.0 cm³/mol. The fourth-order valence-corrected chi connectivity index (χ4v) is 1.36. The number of rotatable bonds is 1. The van der Waals surface area contributed by atoms with Crippen molar-refractivity contribution in [1.82, 2.24) is 10.3 Å². The van der Waals surface area contributed by atoms with Crippen LogP contribution in [0.25, 0.3) is 0 Å². The van der Waals surface area contributed by atoms with Crippen LogP contribution in [0.1, 0.15) is 0 Å². The first-order chi connectivity index (χ1) is 9.23. The van der Waals surface area contributed by atoms with Crippen molar-refractivity contribution < 1.29 is 9.90 Å². The number of nitrogens with zero attached hydrogens (tertiary/aromatic N) is 5. The van der Waals surface area contributed by atoms with Crippen LogP contribution in [0.2, 0.25) is 0 Å². The summed E-state index contributed by atoms with van der Waals surface area (Å²) in [5.41, 5.74) is 0.373. The van der Waals surface area contributed by atoms with E-state index in [4.69, 9.17) is 5.11 Å². The Morgan fingerprint density at radius 3 is 2.47 bits per heavy atom. The van der Waals surface area contributed by atoms with Gasteiger partial charge in [0.1, 0.15) is 18.4 Å². The molecule has 19 heavy (non-hydrogen) atoms. The Kier molecular flexibility index (Phi) is 3.72. The summed E-state index contributed by atoms with van der Waals surface area (Å²) in [6.45, 7) is 0. The Morgan fingerprint density at radius 1 is 1.16 bits per heavy atom. The third-order valence-corrected chi connectivity index (χ3v) is 2.15. The minimum absolute atomic E-state index is 0.373. The van der Waals surface area contributed by atoms with Crippen LogP contribution in [0, 0.1) is 0 Å². The second-order valence-electron chi connectivity index (χ2n) is 3.41. The van der Waals surface area contributed by atoms with Crippen molar-refractivity contribution in [3.05, 3.63) is 30.6 Å². The first-order valence-electron chi connectivity index (χ1n) is 5.28. The SMILES string of the molecule is O=C(O)NC12N=CN=CC1=NC=N2.c1ccncc1. The lowest BCUT2D eigenvalue weighted by Crippen LogP contribution is -2.51. The summed E-state index contributed by atoms with van der Waals surface area (Å²) in [6, 6.07) is 5.72. The van der Waals surface area contributed by atoms with E-state index in [1.165, 1.54) is 18.9 Å². The summed E-state index contributed by atoms with van der Waals surface area (Å²) in [6.07, 6.45) is 6.19. The smallest absolute Gasteiger partial charge is 0.408 e. The van der Waals surface area contributed by atoms with E-state index in [0.29, 0.717) is 5.71 Å². The average molecular weight is 258 g/mol. The van der Waals surface area contributed by atoms with Crippen molar-refractivity contribution in [3.63, 3.8) is 0 Å². The van der Waals surface area contributed by atoms with E-state index < -0.39 is 11.9 Å². The fourth-order valence-electron chi connectivity index (χ4n) is 1.36. The van der Waals surface area contributed by atoms with E-state index in [1.54, 1.807) is 12.4 Å². The number of amides is 1. The number of carboxylic acid groups (broad SMARTS) is 1. The summed E-state index contributed by atoms with van der Waals surface area (Å²) >= 11 is 0. The molecule has 1 aromatic heterocycles. The maximum atomic E-state index is 10.4. The van der Waals surface area contributed by atoms with Gasteiger partial charge in [-0.1, -0.05) is 6.07 Å². The summed E-state index contributed by atoms with van der Waals surface area (Å²) in [5.74, 6) is -1.30. The van der Waals surface area contributed by atoms with Crippen LogP contribution < -0.4 is 5.32 Å². The molecule has 0 bridgehead atoms. The Hall–Kier alpha value is -2.90. The first kappa shape index (κ1) is 12.6. The van der Waals surface area contributed by atoms with Crippen LogP contribution in [-0.4, -0.2) is 46.6 Å². The molecule has 3 rings (SSSR count). The van der Waals surface area contributed by atoms with Gasteiger partial charge >= 0.3 is 6.09 Å². The summed E-state index contributed by atoms with van der Waals surface area (Å²) in [5, 5.41) is 10.7. The molecule has 8 nitrogen and oxygen atoms in total.